The third kappa shape index (κ3) is 4.90. The Hall–Kier alpha value is -1.10. The molecule has 3 heteroatoms. The van der Waals surface area contributed by atoms with E-state index in [9.17, 15) is 4.79 Å². The Kier molecular flexibility index (Phi) is 5.09. The van der Waals surface area contributed by atoms with Gasteiger partial charge in [-0.1, -0.05) is 0 Å². The van der Waals surface area contributed by atoms with Gasteiger partial charge in [-0.2, -0.15) is 0 Å². The lowest BCUT2D eigenvalue weighted by Gasteiger charge is -1.77. The topological polar surface area (TPSA) is 38.7 Å². The van der Waals surface area contributed by atoms with E-state index in [0.717, 1.165) is 0 Å². The van der Waals surface area contributed by atoms with Crippen LogP contribution < -0.4 is 0 Å². The van der Waals surface area contributed by atoms with E-state index in [1.165, 1.54) is 13.2 Å². The fourth-order valence-electron chi connectivity index (χ4n) is 0.167. The molecule has 3 nitrogen and oxygen atoms in total. The van der Waals surface area contributed by atoms with E-state index >= 15 is 0 Å². The lowest BCUT2D eigenvalue weighted by molar-refractivity contribution is 0.239. The monoisotopic (exact) mass is 111 g/mol. The predicted octanol–water partition coefficient (Wildman–Crippen LogP) is -0.0705. The zero-order valence-electron chi connectivity index (χ0n) is 4.47. The van der Waals surface area contributed by atoms with Gasteiger partial charge in [-0.15, -0.1) is 4.99 Å². The maximum Gasteiger partial charge on any atom is 0.249 e. The number of aliphatic imine (C=N–C) groups is 1. The molecule has 0 amide bonds. The van der Waals surface area contributed by atoms with Crippen LogP contribution in [0.25, 0.3) is 0 Å². The quantitative estimate of drug-likeness (QED) is 0.270. The van der Waals surface area contributed by atoms with Crippen LogP contribution >= 0.6 is 0 Å². The van der Waals surface area contributed by atoms with Crippen molar-refractivity contribution in [3.8, 4) is 12.0 Å². The number of nitrogens with zero attached hydrogens (tertiary/aromatic N) is 1. The molecule has 0 saturated heterocycles. The second-order valence-corrected chi connectivity index (χ2v) is 0.925. The molecule has 0 aliphatic carbocycles. The van der Waals surface area contributed by atoms with Crippen molar-refractivity contribution in [2.24, 2.45) is 4.99 Å². The minimum Gasteiger partial charge on any atom is -0.372 e. The fourth-order valence-corrected chi connectivity index (χ4v) is 0.167. The van der Waals surface area contributed by atoms with Gasteiger partial charge in [0.15, 0.2) is 0 Å². The average molecular weight is 111 g/mol. The lowest BCUT2D eigenvalue weighted by atomic mass is 10.7. The van der Waals surface area contributed by atoms with Crippen molar-refractivity contribution in [2.45, 2.75) is 0 Å². The van der Waals surface area contributed by atoms with Crippen LogP contribution in [0.1, 0.15) is 0 Å². The van der Waals surface area contributed by atoms with Gasteiger partial charge in [-0.3, -0.25) is 0 Å². The van der Waals surface area contributed by atoms with Crippen LogP contribution in [-0.2, 0) is 9.53 Å². The van der Waals surface area contributed by atoms with Gasteiger partial charge in [0.2, 0.25) is 6.08 Å². The largest absolute Gasteiger partial charge is 0.372 e. The second kappa shape index (κ2) is 5.90. The van der Waals surface area contributed by atoms with Crippen molar-refractivity contribution in [1.29, 1.82) is 0 Å². The predicted molar refractivity (Wildman–Crippen MR) is 27.8 cm³/mol. The smallest absolute Gasteiger partial charge is 0.249 e. The van der Waals surface area contributed by atoms with Crippen molar-refractivity contribution in [3.05, 3.63) is 0 Å². The molecule has 0 unspecified atom stereocenters. The van der Waals surface area contributed by atoms with E-state index in [0.29, 0.717) is 6.61 Å². The minimum absolute atomic E-state index is 0.297. The number of methoxy groups -OCH3 is 1. The number of hydrogen-bond acceptors (Lipinski definition) is 3. The summed E-state index contributed by atoms with van der Waals surface area (Å²) in [4.78, 5) is 12.3. The average Bonchev–Trinajstić information content (AvgIpc) is 1.81. The van der Waals surface area contributed by atoms with E-state index in [2.05, 4.69) is 21.7 Å². The Bertz CT molecular complexity index is 148. The van der Waals surface area contributed by atoms with Gasteiger partial charge in [-0.05, 0) is 5.92 Å². The Morgan fingerprint density at radius 2 is 2.50 bits per heavy atom. The number of carbonyl (C=O) groups excluding carboxylic acids is 1. The van der Waals surface area contributed by atoms with Gasteiger partial charge in [0, 0.05) is 13.2 Å². The Morgan fingerprint density at radius 1 is 1.75 bits per heavy atom. The van der Waals surface area contributed by atoms with Crippen molar-refractivity contribution in [1.82, 2.24) is 0 Å². The van der Waals surface area contributed by atoms with Crippen molar-refractivity contribution in [2.75, 3.05) is 13.7 Å². The zero-order chi connectivity index (χ0) is 6.24. The summed E-state index contributed by atoms with van der Waals surface area (Å²) in [6, 6.07) is 2.16. The molecule has 0 aromatic rings. The number of isocyanates is 1. The zero-order valence-corrected chi connectivity index (χ0v) is 4.47. The molecule has 0 fully saturated rings. The molecule has 0 bridgehead atoms. The number of rotatable bonds is 1. The summed E-state index contributed by atoms with van der Waals surface area (Å²) in [5, 5.41) is 0. The molecule has 0 saturated carbocycles. The first-order valence-electron chi connectivity index (χ1n) is 1.95. The summed E-state index contributed by atoms with van der Waals surface area (Å²) < 4.78 is 4.52. The normalized spacial score (nSPS) is 6.12. The van der Waals surface area contributed by atoms with Crippen molar-refractivity contribution >= 4 is 6.08 Å². The van der Waals surface area contributed by atoms with Crippen molar-refractivity contribution < 1.29 is 9.53 Å². The van der Waals surface area contributed by atoms with Crippen molar-refractivity contribution in [3.63, 3.8) is 0 Å². The second-order valence-electron chi connectivity index (χ2n) is 0.925. The Morgan fingerprint density at radius 3 is 3.00 bits per heavy atom. The van der Waals surface area contributed by atoms with Gasteiger partial charge < -0.3 is 4.74 Å². The van der Waals surface area contributed by atoms with E-state index in [4.69, 9.17) is 0 Å². The molecule has 0 aromatic heterocycles. The highest BCUT2D eigenvalue weighted by atomic mass is 16.5. The van der Waals surface area contributed by atoms with Crippen LogP contribution in [-0.4, -0.2) is 19.8 Å². The maximum atomic E-state index is 9.33. The standard InChI is InChI=1S/C5H5NO2/c1-8-4-2-3-6-5-7/h4H2,1H3. The number of ether oxygens (including phenoxy) is 1. The van der Waals surface area contributed by atoms with Gasteiger partial charge in [0.05, 0.1) is 0 Å². The Balaban J connectivity index is 3.35. The van der Waals surface area contributed by atoms with Gasteiger partial charge in [0.25, 0.3) is 0 Å². The molecule has 0 aliphatic rings. The van der Waals surface area contributed by atoms with E-state index in [1.807, 2.05) is 0 Å². The van der Waals surface area contributed by atoms with Crippen LogP contribution in [0, 0.1) is 12.0 Å². The molecule has 0 spiro atoms. The molecule has 0 aromatic carbocycles. The van der Waals surface area contributed by atoms with Crippen LogP contribution in [0.15, 0.2) is 4.99 Å². The van der Waals surface area contributed by atoms with Crippen LogP contribution in [0.2, 0.25) is 0 Å². The third-order valence-electron chi connectivity index (χ3n) is 0.397. The minimum atomic E-state index is 0.297. The molecule has 0 heterocycles. The first kappa shape index (κ1) is 6.90. The molecule has 0 atom stereocenters. The first-order valence-corrected chi connectivity index (χ1v) is 1.95. The third-order valence-corrected chi connectivity index (χ3v) is 0.397. The van der Waals surface area contributed by atoms with Gasteiger partial charge >= 0.3 is 0 Å². The molecule has 0 aliphatic heterocycles. The summed E-state index contributed by atoms with van der Waals surface area (Å²) >= 11 is 0. The molecule has 42 valence electrons. The molecule has 0 rings (SSSR count). The fraction of sp³-hybridized carbons (Fsp3) is 0.400. The highest BCUT2D eigenvalue weighted by Crippen LogP contribution is 1.60. The SMILES string of the molecule is COCC#CN=C=O. The van der Waals surface area contributed by atoms with Gasteiger partial charge in [-0.25, -0.2) is 4.79 Å². The van der Waals surface area contributed by atoms with Crippen LogP contribution in [0.3, 0.4) is 0 Å². The number of hydrogen-bond donors (Lipinski definition) is 0. The lowest BCUT2D eigenvalue weighted by Crippen LogP contribution is -1.79. The van der Waals surface area contributed by atoms with E-state index in [1.54, 1.807) is 0 Å². The summed E-state index contributed by atoms with van der Waals surface area (Å²) in [6.07, 6.45) is 1.27. The summed E-state index contributed by atoms with van der Waals surface area (Å²) in [5.41, 5.74) is 0. The summed E-state index contributed by atoms with van der Waals surface area (Å²) in [5.74, 6) is 2.43. The maximum absolute atomic E-state index is 9.33. The molecule has 0 radical (unpaired) electrons. The van der Waals surface area contributed by atoms with Crippen LogP contribution in [0.5, 0.6) is 0 Å². The van der Waals surface area contributed by atoms with Gasteiger partial charge in [0.1, 0.15) is 6.61 Å². The highest BCUT2D eigenvalue weighted by molar-refractivity contribution is 5.36. The molecular formula is C5H5NO2. The molecule has 8 heavy (non-hydrogen) atoms. The highest BCUT2D eigenvalue weighted by Gasteiger charge is 1.63. The van der Waals surface area contributed by atoms with E-state index < -0.39 is 0 Å². The summed E-state index contributed by atoms with van der Waals surface area (Å²) in [6.45, 7) is 0.297. The molecular weight excluding hydrogens is 106 g/mol. The van der Waals surface area contributed by atoms with E-state index in [-0.39, 0.29) is 0 Å². The summed E-state index contributed by atoms with van der Waals surface area (Å²) in [7, 11) is 1.51. The molecule has 0 N–H and O–H groups in total. The van der Waals surface area contributed by atoms with Crippen LogP contribution in [0.4, 0.5) is 0 Å². The Labute approximate surface area is 47.4 Å². The first-order chi connectivity index (χ1) is 3.91.